The van der Waals surface area contributed by atoms with Crippen molar-refractivity contribution < 1.29 is 4.79 Å². The van der Waals surface area contributed by atoms with Crippen molar-refractivity contribution in [3.8, 4) is 0 Å². The lowest BCUT2D eigenvalue weighted by Crippen LogP contribution is -2.42. The van der Waals surface area contributed by atoms with Crippen molar-refractivity contribution in [3.05, 3.63) is 23.9 Å². The predicted octanol–water partition coefficient (Wildman–Crippen LogP) is 3.31. The van der Waals surface area contributed by atoms with Crippen LogP contribution in [0.2, 0.25) is 0 Å². The van der Waals surface area contributed by atoms with Crippen molar-refractivity contribution in [2.45, 2.75) is 45.4 Å². The number of piperidine rings is 1. The summed E-state index contributed by atoms with van der Waals surface area (Å²) in [5, 5.41) is 3.15. The summed E-state index contributed by atoms with van der Waals surface area (Å²) in [6, 6.07) is 3.77. The highest BCUT2D eigenvalue weighted by Crippen LogP contribution is 2.46. The zero-order valence-electron chi connectivity index (χ0n) is 12.9. The lowest BCUT2D eigenvalue weighted by atomic mass is 9.77. The van der Waals surface area contributed by atoms with Gasteiger partial charge in [-0.1, -0.05) is 12.8 Å². The van der Waals surface area contributed by atoms with Gasteiger partial charge in [-0.25, -0.2) is 4.98 Å². The van der Waals surface area contributed by atoms with Crippen LogP contribution in [-0.4, -0.2) is 35.4 Å². The summed E-state index contributed by atoms with van der Waals surface area (Å²) >= 11 is 0. The van der Waals surface area contributed by atoms with Gasteiger partial charge in [0, 0.05) is 25.8 Å². The Balaban J connectivity index is 1.60. The Morgan fingerprint density at radius 1 is 1.24 bits per heavy atom. The quantitative estimate of drug-likeness (QED) is 0.927. The normalized spacial score (nSPS) is 20.7. The van der Waals surface area contributed by atoms with Crippen molar-refractivity contribution in [2.75, 3.05) is 25.0 Å². The number of carbonyl (C=O) groups excluding carboxylic acids is 1. The molecule has 4 nitrogen and oxygen atoms in total. The van der Waals surface area contributed by atoms with E-state index in [1.807, 2.05) is 24.0 Å². The first-order valence-corrected chi connectivity index (χ1v) is 8.22. The second-order valence-electron chi connectivity index (χ2n) is 6.46. The van der Waals surface area contributed by atoms with Crippen LogP contribution in [0, 0.1) is 5.41 Å². The van der Waals surface area contributed by atoms with Gasteiger partial charge in [-0.15, -0.1) is 0 Å². The van der Waals surface area contributed by atoms with Gasteiger partial charge in [-0.2, -0.15) is 0 Å². The van der Waals surface area contributed by atoms with Crippen LogP contribution in [-0.2, 0) is 0 Å². The molecule has 1 spiro atoms. The van der Waals surface area contributed by atoms with Crippen molar-refractivity contribution in [2.24, 2.45) is 5.41 Å². The Hall–Kier alpha value is -1.58. The number of amides is 1. The molecule has 2 fully saturated rings. The first-order valence-electron chi connectivity index (χ1n) is 8.22. The topological polar surface area (TPSA) is 45.2 Å². The van der Waals surface area contributed by atoms with Gasteiger partial charge in [0.1, 0.15) is 5.82 Å². The summed E-state index contributed by atoms with van der Waals surface area (Å²) in [7, 11) is 0. The number of carbonyl (C=O) groups is 1. The fourth-order valence-corrected chi connectivity index (χ4v) is 3.80. The summed E-state index contributed by atoms with van der Waals surface area (Å²) in [6.45, 7) is 4.70. The highest BCUT2D eigenvalue weighted by molar-refractivity contribution is 5.94. The Morgan fingerprint density at radius 2 is 1.95 bits per heavy atom. The van der Waals surface area contributed by atoms with Gasteiger partial charge in [0.15, 0.2) is 0 Å². The molecule has 1 aliphatic heterocycles. The minimum atomic E-state index is 0.137. The molecule has 0 unspecified atom stereocenters. The van der Waals surface area contributed by atoms with Gasteiger partial charge < -0.3 is 10.2 Å². The lowest BCUT2D eigenvalue weighted by Gasteiger charge is -2.39. The summed E-state index contributed by atoms with van der Waals surface area (Å²) < 4.78 is 0. The summed E-state index contributed by atoms with van der Waals surface area (Å²) in [6.07, 6.45) is 9.55. The van der Waals surface area contributed by atoms with Crippen molar-refractivity contribution in [1.29, 1.82) is 0 Å². The minimum Gasteiger partial charge on any atom is -0.370 e. The molecule has 0 radical (unpaired) electrons. The average molecular weight is 287 g/mol. The molecular formula is C17H25N3O. The molecule has 1 amide bonds. The van der Waals surface area contributed by atoms with Gasteiger partial charge in [-0.3, -0.25) is 4.79 Å². The summed E-state index contributed by atoms with van der Waals surface area (Å²) in [5.74, 6) is 0.969. The minimum absolute atomic E-state index is 0.137. The molecule has 1 aromatic rings. The standard InChI is InChI=1S/C17H25N3O/c1-2-18-15-6-5-14(13-19-15)16(21)20-11-9-17(10-12-20)7-3-4-8-17/h5-6,13H,2-4,7-12H2,1H3,(H,18,19). The van der Waals surface area contributed by atoms with E-state index in [4.69, 9.17) is 0 Å². The van der Waals surface area contributed by atoms with Crippen molar-refractivity contribution in [1.82, 2.24) is 9.88 Å². The number of nitrogens with one attached hydrogen (secondary N) is 1. The Labute approximate surface area is 126 Å². The molecule has 0 atom stereocenters. The van der Waals surface area contributed by atoms with Crippen LogP contribution >= 0.6 is 0 Å². The zero-order valence-corrected chi connectivity index (χ0v) is 12.9. The molecule has 0 aromatic carbocycles. The van der Waals surface area contributed by atoms with E-state index in [0.29, 0.717) is 11.0 Å². The van der Waals surface area contributed by atoms with Crippen LogP contribution < -0.4 is 5.32 Å². The SMILES string of the molecule is CCNc1ccc(C(=O)N2CCC3(CCCC3)CC2)cn1. The third kappa shape index (κ3) is 3.04. The van der Waals surface area contributed by atoms with E-state index in [2.05, 4.69) is 10.3 Å². The Bertz CT molecular complexity index is 481. The highest BCUT2D eigenvalue weighted by Gasteiger charge is 2.38. The van der Waals surface area contributed by atoms with Crippen LogP contribution in [0.5, 0.6) is 0 Å². The number of rotatable bonds is 3. The smallest absolute Gasteiger partial charge is 0.255 e. The fourth-order valence-electron chi connectivity index (χ4n) is 3.80. The first kappa shape index (κ1) is 14.4. The fraction of sp³-hybridized carbons (Fsp3) is 0.647. The third-order valence-electron chi connectivity index (χ3n) is 5.14. The number of pyridine rings is 1. The van der Waals surface area contributed by atoms with Gasteiger partial charge in [-0.05, 0) is 50.2 Å². The molecule has 4 heteroatoms. The number of aromatic nitrogens is 1. The number of likely N-dealkylation sites (tertiary alicyclic amines) is 1. The highest BCUT2D eigenvalue weighted by atomic mass is 16.2. The Morgan fingerprint density at radius 3 is 2.52 bits per heavy atom. The van der Waals surface area contributed by atoms with E-state index in [-0.39, 0.29) is 5.91 Å². The van der Waals surface area contributed by atoms with Crippen LogP contribution in [0.15, 0.2) is 18.3 Å². The second kappa shape index (κ2) is 6.04. The average Bonchev–Trinajstić information content (AvgIpc) is 2.97. The molecular weight excluding hydrogens is 262 g/mol. The molecule has 114 valence electrons. The van der Waals surface area contributed by atoms with E-state index >= 15 is 0 Å². The van der Waals surface area contributed by atoms with E-state index < -0.39 is 0 Å². The summed E-state index contributed by atoms with van der Waals surface area (Å²) in [4.78, 5) is 18.8. The lowest BCUT2D eigenvalue weighted by molar-refractivity contribution is 0.0587. The third-order valence-corrected chi connectivity index (χ3v) is 5.14. The largest absolute Gasteiger partial charge is 0.370 e. The molecule has 2 heterocycles. The number of hydrogen-bond acceptors (Lipinski definition) is 3. The molecule has 2 aliphatic rings. The predicted molar refractivity (Wildman–Crippen MR) is 84.4 cm³/mol. The maximum Gasteiger partial charge on any atom is 0.255 e. The zero-order chi connectivity index (χ0) is 14.7. The van der Waals surface area contributed by atoms with Crippen molar-refractivity contribution in [3.63, 3.8) is 0 Å². The maximum atomic E-state index is 12.5. The van der Waals surface area contributed by atoms with E-state index in [0.717, 1.165) is 25.5 Å². The first-order chi connectivity index (χ1) is 10.2. The molecule has 3 rings (SSSR count). The maximum absolute atomic E-state index is 12.5. The molecule has 21 heavy (non-hydrogen) atoms. The van der Waals surface area contributed by atoms with Crippen LogP contribution in [0.4, 0.5) is 5.82 Å². The number of anilines is 1. The van der Waals surface area contributed by atoms with Crippen LogP contribution in [0.1, 0.15) is 55.8 Å². The molecule has 1 aromatic heterocycles. The van der Waals surface area contributed by atoms with E-state index in [1.54, 1.807) is 6.20 Å². The Kier molecular flexibility index (Phi) is 4.13. The molecule has 1 aliphatic carbocycles. The van der Waals surface area contributed by atoms with Gasteiger partial charge >= 0.3 is 0 Å². The molecule has 1 saturated heterocycles. The number of hydrogen-bond donors (Lipinski definition) is 1. The van der Waals surface area contributed by atoms with Crippen LogP contribution in [0.3, 0.4) is 0 Å². The van der Waals surface area contributed by atoms with Crippen LogP contribution in [0.25, 0.3) is 0 Å². The van der Waals surface area contributed by atoms with E-state index in [9.17, 15) is 4.79 Å². The monoisotopic (exact) mass is 287 g/mol. The van der Waals surface area contributed by atoms with Crippen molar-refractivity contribution >= 4 is 11.7 Å². The number of nitrogens with zero attached hydrogens (tertiary/aromatic N) is 2. The van der Waals surface area contributed by atoms with Gasteiger partial charge in [0.2, 0.25) is 0 Å². The molecule has 1 N–H and O–H groups in total. The second-order valence-corrected chi connectivity index (χ2v) is 6.46. The van der Waals surface area contributed by atoms with Gasteiger partial charge in [0.05, 0.1) is 5.56 Å². The van der Waals surface area contributed by atoms with E-state index in [1.165, 1.54) is 38.5 Å². The summed E-state index contributed by atoms with van der Waals surface area (Å²) in [5.41, 5.74) is 1.27. The molecule has 1 saturated carbocycles. The molecule has 0 bridgehead atoms. The van der Waals surface area contributed by atoms with Gasteiger partial charge in [0.25, 0.3) is 5.91 Å².